The molecule has 0 radical (unpaired) electrons. The van der Waals surface area contributed by atoms with Crippen LogP contribution in [-0.4, -0.2) is 43.0 Å². The molecule has 2 N–H and O–H groups in total. The lowest BCUT2D eigenvalue weighted by molar-refractivity contribution is -0.662. The van der Waals surface area contributed by atoms with Gasteiger partial charge in [0.25, 0.3) is 0 Å². The Hall–Kier alpha value is -2.77. The van der Waals surface area contributed by atoms with Gasteiger partial charge in [0.05, 0.1) is 12.7 Å². The van der Waals surface area contributed by atoms with E-state index in [1.807, 2.05) is 50.2 Å². The lowest BCUT2D eigenvalue weighted by Crippen LogP contribution is -2.34. The highest BCUT2D eigenvalue weighted by Gasteiger charge is 2.19. The summed E-state index contributed by atoms with van der Waals surface area (Å²) in [5.74, 6) is 0.517. The van der Waals surface area contributed by atoms with Gasteiger partial charge in [0.1, 0.15) is 18.5 Å². The predicted octanol–water partition coefficient (Wildman–Crippen LogP) is 10.6. The van der Waals surface area contributed by atoms with Gasteiger partial charge in [-0.2, -0.15) is 4.57 Å². The summed E-state index contributed by atoms with van der Waals surface area (Å²) in [5, 5.41) is 4.01. The molecule has 0 spiro atoms. The third-order valence-corrected chi connectivity index (χ3v) is 9.50. The van der Waals surface area contributed by atoms with Crippen LogP contribution in [0, 0.1) is 0 Å². The second-order valence-corrected chi connectivity index (χ2v) is 14.5. The topological polar surface area (TPSA) is 90.1 Å². The van der Waals surface area contributed by atoms with Gasteiger partial charge in [-0.15, -0.1) is 0 Å². The van der Waals surface area contributed by atoms with Gasteiger partial charge in [-0.1, -0.05) is 128 Å². The van der Waals surface area contributed by atoms with Crippen molar-refractivity contribution in [2.24, 2.45) is 0 Å². The summed E-state index contributed by atoms with van der Waals surface area (Å²) in [5.41, 5.74) is 2.17. The summed E-state index contributed by atoms with van der Waals surface area (Å²) < 4.78 is 24.8. The molecular formula is C41H64N2O6P+. The van der Waals surface area contributed by atoms with E-state index in [-0.39, 0.29) is 19.3 Å². The van der Waals surface area contributed by atoms with Crippen molar-refractivity contribution >= 4 is 25.6 Å². The first-order chi connectivity index (χ1) is 24.4. The fourth-order valence-electron chi connectivity index (χ4n) is 6.11. The van der Waals surface area contributed by atoms with Crippen LogP contribution in [0.15, 0.2) is 66.9 Å². The molecule has 1 heterocycles. The second-order valence-electron chi connectivity index (χ2n) is 13.6. The minimum absolute atomic E-state index is 0.0177. The summed E-state index contributed by atoms with van der Waals surface area (Å²) >= 11 is 0. The molecular weight excluding hydrogens is 647 g/mol. The van der Waals surface area contributed by atoms with E-state index < -0.39 is 20.8 Å². The smallest absolute Gasteiger partial charge is 0.407 e. The monoisotopic (exact) mass is 711 g/mol. The standard InChI is InChI=1S/C41H63N2O6P/c1-4-5-6-7-8-9-10-11-12-13-14-15-16-17-18-21-29-42-41(44)46-33-39(48-35(2)3)34-47-50(45)49-38-27-22-24-36(31-38)32-43-30-23-26-37-25-19-20-28-40(37)43/h19-20,22-28,30-31,35,39,45H,4-18,21,29,32-34H2,1-3H3/p+1. The van der Waals surface area contributed by atoms with E-state index in [9.17, 15) is 9.69 Å². The number of carbonyl (C=O) groups is 1. The average molecular weight is 712 g/mol. The molecule has 0 fully saturated rings. The van der Waals surface area contributed by atoms with Crippen molar-refractivity contribution in [2.45, 2.75) is 142 Å². The van der Waals surface area contributed by atoms with Crippen LogP contribution in [0.3, 0.4) is 0 Å². The zero-order valence-electron chi connectivity index (χ0n) is 31.0. The third kappa shape index (κ3) is 18.5. The van der Waals surface area contributed by atoms with Crippen molar-refractivity contribution in [2.75, 3.05) is 19.8 Å². The Morgan fingerprint density at radius 2 is 1.40 bits per heavy atom. The van der Waals surface area contributed by atoms with Crippen LogP contribution in [-0.2, 0) is 20.5 Å². The number of alkyl carbamates (subject to hydrolysis) is 1. The number of pyridine rings is 1. The summed E-state index contributed by atoms with van der Waals surface area (Å²) in [6, 6.07) is 20.0. The van der Waals surface area contributed by atoms with Gasteiger partial charge in [-0.25, -0.2) is 4.79 Å². The van der Waals surface area contributed by atoms with Crippen LogP contribution in [0.4, 0.5) is 4.79 Å². The number of ether oxygens (including phenoxy) is 2. The minimum Gasteiger partial charge on any atom is -0.447 e. The molecule has 1 aromatic heterocycles. The van der Waals surface area contributed by atoms with Crippen molar-refractivity contribution in [3.8, 4) is 5.75 Å². The van der Waals surface area contributed by atoms with Crippen LogP contribution in [0.2, 0.25) is 0 Å². The van der Waals surface area contributed by atoms with Crippen LogP contribution >= 0.6 is 8.60 Å². The maximum Gasteiger partial charge on any atom is 0.407 e. The molecule has 50 heavy (non-hydrogen) atoms. The highest BCUT2D eigenvalue weighted by atomic mass is 31.2. The van der Waals surface area contributed by atoms with Crippen LogP contribution in [0.5, 0.6) is 5.75 Å². The van der Waals surface area contributed by atoms with E-state index in [0.717, 1.165) is 23.9 Å². The largest absolute Gasteiger partial charge is 0.447 e. The lowest BCUT2D eigenvalue weighted by atomic mass is 10.0. The normalized spacial score (nSPS) is 12.7. The zero-order chi connectivity index (χ0) is 35.7. The molecule has 2 atom stereocenters. The number of unbranched alkanes of at least 4 members (excludes halogenated alkanes) is 15. The average Bonchev–Trinajstić information content (AvgIpc) is 3.11. The Bertz CT molecular complexity index is 1320. The molecule has 278 valence electrons. The fraction of sp³-hybridized carbons (Fsp3) is 0.610. The summed E-state index contributed by atoms with van der Waals surface area (Å²) in [6.45, 7) is 7.38. The molecule has 9 heteroatoms. The minimum atomic E-state index is -2.21. The predicted molar refractivity (Wildman–Crippen MR) is 204 cm³/mol. The van der Waals surface area contributed by atoms with E-state index in [0.29, 0.717) is 18.8 Å². The lowest BCUT2D eigenvalue weighted by Gasteiger charge is -2.21. The number of rotatable bonds is 28. The van der Waals surface area contributed by atoms with Crippen molar-refractivity contribution in [1.29, 1.82) is 0 Å². The Kier molecular flexibility index (Phi) is 21.7. The number of carbonyl (C=O) groups excluding carboxylic acids is 1. The van der Waals surface area contributed by atoms with E-state index in [1.54, 1.807) is 6.07 Å². The second kappa shape index (κ2) is 26.1. The van der Waals surface area contributed by atoms with Crippen LogP contribution in [0.25, 0.3) is 10.9 Å². The summed E-state index contributed by atoms with van der Waals surface area (Å²) in [4.78, 5) is 22.8. The molecule has 0 aliphatic heterocycles. The molecule has 2 aromatic carbocycles. The fourth-order valence-corrected chi connectivity index (χ4v) is 6.75. The number of hydrogen-bond acceptors (Lipinski definition) is 6. The number of nitrogens with one attached hydrogen (secondary N) is 1. The Morgan fingerprint density at radius 1 is 0.780 bits per heavy atom. The van der Waals surface area contributed by atoms with Crippen LogP contribution < -0.4 is 14.4 Å². The molecule has 0 aliphatic rings. The quantitative estimate of drug-likeness (QED) is 0.0443. The molecule has 0 bridgehead atoms. The Morgan fingerprint density at radius 3 is 2.06 bits per heavy atom. The van der Waals surface area contributed by atoms with Gasteiger partial charge >= 0.3 is 14.7 Å². The third-order valence-electron chi connectivity index (χ3n) is 8.76. The van der Waals surface area contributed by atoms with Crippen molar-refractivity contribution in [3.63, 3.8) is 0 Å². The SMILES string of the molecule is CCCCCCCCCCCCCCCCCCNC(=O)OCC(COP(O)Oc1cccc(C[n+]2cccc3ccccc32)c1)OC(C)C. The van der Waals surface area contributed by atoms with Gasteiger partial charge in [0.15, 0.2) is 12.7 Å². The highest BCUT2D eigenvalue weighted by molar-refractivity contribution is 7.41. The van der Waals surface area contributed by atoms with Crippen molar-refractivity contribution in [3.05, 3.63) is 72.4 Å². The number of nitrogens with zero attached hydrogens (tertiary/aromatic N) is 1. The van der Waals surface area contributed by atoms with E-state index in [4.69, 9.17) is 18.5 Å². The maximum atomic E-state index is 12.3. The first-order valence-electron chi connectivity index (χ1n) is 19.3. The van der Waals surface area contributed by atoms with E-state index in [1.165, 1.54) is 95.3 Å². The van der Waals surface area contributed by atoms with Crippen molar-refractivity contribution in [1.82, 2.24) is 5.32 Å². The molecule has 2 unspecified atom stereocenters. The molecule has 8 nitrogen and oxygen atoms in total. The van der Waals surface area contributed by atoms with Gasteiger partial charge in [0.2, 0.25) is 5.52 Å². The molecule has 3 rings (SSSR count). The van der Waals surface area contributed by atoms with Gasteiger partial charge in [-0.3, -0.25) is 4.52 Å². The van der Waals surface area contributed by atoms with Gasteiger partial charge in [-0.05, 0) is 44.5 Å². The molecule has 1 amide bonds. The number of amides is 1. The van der Waals surface area contributed by atoms with Crippen molar-refractivity contribution < 1.29 is 32.8 Å². The number of hydrogen-bond donors (Lipinski definition) is 2. The van der Waals surface area contributed by atoms with Gasteiger partial charge < -0.3 is 24.2 Å². The maximum absolute atomic E-state index is 12.3. The first-order valence-corrected chi connectivity index (χ1v) is 20.4. The number of para-hydroxylation sites is 1. The Balaban J connectivity index is 1.23. The number of fused-ring (bicyclic) bond motifs is 1. The molecule has 0 aliphatic carbocycles. The van der Waals surface area contributed by atoms with Crippen LogP contribution in [0.1, 0.15) is 129 Å². The van der Waals surface area contributed by atoms with Gasteiger partial charge in [0, 0.05) is 29.6 Å². The molecule has 3 aromatic rings. The summed E-state index contributed by atoms with van der Waals surface area (Å²) in [6.07, 6.45) is 22.1. The first kappa shape index (κ1) is 41.6. The van der Waals surface area contributed by atoms with E-state index >= 15 is 0 Å². The zero-order valence-corrected chi connectivity index (χ0v) is 31.9. The number of benzene rings is 2. The molecule has 0 saturated carbocycles. The molecule has 0 saturated heterocycles. The summed E-state index contributed by atoms with van der Waals surface area (Å²) in [7, 11) is -2.21. The van der Waals surface area contributed by atoms with E-state index in [2.05, 4.69) is 41.2 Å². The Labute approximate surface area is 303 Å². The highest BCUT2D eigenvalue weighted by Crippen LogP contribution is 2.35. The number of aromatic nitrogens is 1.